The van der Waals surface area contributed by atoms with Gasteiger partial charge in [-0.15, -0.1) is 69.1 Å². The van der Waals surface area contributed by atoms with E-state index in [0.29, 0.717) is 11.8 Å². The molecular formula is C30H41Cl2SiZr. The van der Waals surface area contributed by atoms with E-state index in [-0.39, 0.29) is 51.0 Å². The number of benzene rings is 2. The fraction of sp³-hybridized carbons (Fsp3) is 0.400. The molecule has 3 radical (unpaired) electrons. The molecule has 34 heavy (non-hydrogen) atoms. The first-order chi connectivity index (χ1) is 14.8. The van der Waals surface area contributed by atoms with Crippen LogP contribution in [0.2, 0.25) is 6.55 Å². The second kappa shape index (κ2) is 19.5. The minimum Gasteiger partial charge on any atom is -1.00 e. The number of hydrogen-bond acceptors (Lipinski definition) is 0. The van der Waals surface area contributed by atoms with Crippen LogP contribution in [0.3, 0.4) is 0 Å². The first-order valence-corrected chi connectivity index (χ1v) is 12.6. The molecule has 0 aliphatic rings. The summed E-state index contributed by atoms with van der Waals surface area (Å²) in [4.78, 5) is 0. The third-order valence-corrected chi connectivity index (χ3v) is 5.10. The molecule has 4 rings (SSSR count). The predicted octanol–water partition coefficient (Wildman–Crippen LogP) is 3.61. The topological polar surface area (TPSA) is 0 Å². The third kappa shape index (κ3) is 10.9. The van der Waals surface area contributed by atoms with Gasteiger partial charge in [-0.3, -0.25) is 0 Å². The van der Waals surface area contributed by atoms with Crippen molar-refractivity contribution in [2.45, 2.75) is 80.2 Å². The number of hydrogen-bond donors (Lipinski definition) is 0. The fourth-order valence-electron chi connectivity index (χ4n) is 3.82. The van der Waals surface area contributed by atoms with Crippen LogP contribution in [0.5, 0.6) is 0 Å². The molecule has 0 bridgehead atoms. The van der Waals surface area contributed by atoms with Crippen molar-refractivity contribution in [2.75, 3.05) is 0 Å². The molecule has 4 heteroatoms. The van der Waals surface area contributed by atoms with Gasteiger partial charge in [0.25, 0.3) is 0 Å². The molecule has 0 atom stereocenters. The minimum absolute atomic E-state index is 0. The Balaban J connectivity index is -0.000000443. The third-order valence-electron chi connectivity index (χ3n) is 5.10. The van der Waals surface area contributed by atoms with Crippen LogP contribution in [0.15, 0.2) is 60.7 Å². The molecule has 0 aliphatic carbocycles. The molecule has 4 aromatic carbocycles. The second-order valence-corrected chi connectivity index (χ2v) is 8.78. The van der Waals surface area contributed by atoms with Crippen molar-refractivity contribution >= 4 is 31.8 Å². The van der Waals surface area contributed by atoms with Gasteiger partial charge in [0, 0.05) is 10.2 Å². The van der Waals surface area contributed by atoms with E-state index in [1.165, 1.54) is 50.2 Å². The Morgan fingerprint density at radius 2 is 0.971 bits per heavy atom. The van der Waals surface area contributed by atoms with Crippen LogP contribution < -0.4 is 24.8 Å². The van der Waals surface area contributed by atoms with Crippen molar-refractivity contribution in [1.82, 2.24) is 0 Å². The quantitative estimate of drug-likeness (QED) is 0.247. The van der Waals surface area contributed by atoms with E-state index < -0.39 is 0 Å². The standard InChI is InChI=1S/2C13H15.C3H8.CH3Si.2ClH.Zr/c2*1-9(2)12-6-4-5-11-7-10(3)8-13(11)12;1-3-2;1-2;;;/h2*4-9H,1-3H3;3H2,1-2H3;1H3;2*1H;/q2*-1;;;;;+4/p-2. The summed E-state index contributed by atoms with van der Waals surface area (Å²) < 4.78 is 0. The molecule has 0 aromatic heterocycles. The van der Waals surface area contributed by atoms with Gasteiger partial charge in [-0.05, 0) is 11.8 Å². The zero-order valence-electron chi connectivity index (χ0n) is 22.4. The zero-order valence-corrected chi connectivity index (χ0v) is 27.4. The summed E-state index contributed by atoms with van der Waals surface area (Å²) >= 11 is 0. The van der Waals surface area contributed by atoms with Crippen molar-refractivity contribution in [3.63, 3.8) is 0 Å². The average molecular weight is 592 g/mol. The number of fused-ring (bicyclic) bond motifs is 2. The molecule has 0 N–H and O–H groups in total. The average Bonchev–Trinajstić information content (AvgIpc) is 3.30. The van der Waals surface area contributed by atoms with Crippen LogP contribution in [0.4, 0.5) is 0 Å². The van der Waals surface area contributed by atoms with Crippen molar-refractivity contribution in [3.05, 3.63) is 82.9 Å². The molecule has 0 aliphatic heterocycles. The summed E-state index contributed by atoms with van der Waals surface area (Å²) in [5.41, 5.74) is 5.66. The number of rotatable bonds is 2. The van der Waals surface area contributed by atoms with Crippen LogP contribution in [0.25, 0.3) is 21.5 Å². The first kappa shape index (κ1) is 37.9. The van der Waals surface area contributed by atoms with E-state index in [0.717, 1.165) is 0 Å². The van der Waals surface area contributed by atoms with Crippen LogP contribution >= 0.6 is 0 Å². The van der Waals surface area contributed by atoms with Gasteiger partial charge < -0.3 is 24.8 Å². The fourth-order valence-corrected chi connectivity index (χ4v) is 3.82. The molecule has 0 fully saturated rings. The van der Waals surface area contributed by atoms with E-state index in [4.69, 9.17) is 0 Å². The Bertz CT molecular complexity index is 961. The molecule has 0 unspecified atom stereocenters. The van der Waals surface area contributed by atoms with Crippen molar-refractivity contribution in [3.8, 4) is 0 Å². The molecule has 0 saturated carbocycles. The molecule has 4 aromatic rings. The summed E-state index contributed by atoms with van der Waals surface area (Å²) in [5, 5.41) is 5.61. The van der Waals surface area contributed by atoms with Crippen LogP contribution in [-0.4, -0.2) is 10.2 Å². The Labute approximate surface area is 244 Å². The van der Waals surface area contributed by atoms with E-state index in [9.17, 15) is 0 Å². The van der Waals surface area contributed by atoms with Gasteiger partial charge in [-0.25, -0.2) is 0 Å². The maximum atomic E-state index is 2.97. The predicted molar refractivity (Wildman–Crippen MR) is 144 cm³/mol. The Morgan fingerprint density at radius 3 is 1.24 bits per heavy atom. The summed E-state index contributed by atoms with van der Waals surface area (Å²) in [6.45, 7) is 19.4. The molecule has 0 heterocycles. The largest absolute Gasteiger partial charge is 4.00 e. The smallest absolute Gasteiger partial charge is 1.00 e. The molecule has 0 amide bonds. The van der Waals surface area contributed by atoms with E-state index in [2.05, 4.69) is 126 Å². The maximum Gasteiger partial charge on any atom is 4.00 e. The monoisotopic (exact) mass is 589 g/mol. The Hall–Kier alpha value is -0.660. The van der Waals surface area contributed by atoms with Crippen LogP contribution in [0.1, 0.15) is 82.1 Å². The van der Waals surface area contributed by atoms with Crippen molar-refractivity contribution in [2.24, 2.45) is 0 Å². The number of halogens is 2. The SMILES string of the molecule is CCC.C[Si].Cc1cc2c(C(C)C)cccc2[cH-]1.Cc1cc2c(C(C)C)cccc2[cH-]1.[Cl-].[Cl-].[Zr+4]. The minimum atomic E-state index is 0. The van der Waals surface area contributed by atoms with Crippen LogP contribution in [0, 0.1) is 13.8 Å². The number of aryl methyl sites for hydroxylation is 2. The van der Waals surface area contributed by atoms with Gasteiger partial charge in [0.1, 0.15) is 0 Å². The van der Waals surface area contributed by atoms with E-state index >= 15 is 0 Å². The van der Waals surface area contributed by atoms with E-state index in [1.54, 1.807) is 6.55 Å². The molecular weight excluding hydrogens is 551 g/mol. The zero-order chi connectivity index (χ0) is 23.6. The van der Waals surface area contributed by atoms with Crippen LogP contribution in [-0.2, 0) is 26.2 Å². The summed E-state index contributed by atoms with van der Waals surface area (Å²) in [6, 6.07) is 22.2. The first-order valence-electron chi connectivity index (χ1n) is 11.6. The van der Waals surface area contributed by atoms with Gasteiger partial charge in [0.05, 0.1) is 0 Å². The van der Waals surface area contributed by atoms with Crippen molar-refractivity contribution < 1.29 is 51.0 Å². The summed E-state index contributed by atoms with van der Waals surface area (Å²) in [5.74, 6) is 1.23. The van der Waals surface area contributed by atoms with Crippen molar-refractivity contribution in [1.29, 1.82) is 0 Å². The summed E-state index contributed by atoms with van der Waals surface area (Å²) in [7, 11) is 2.97. The second-order valence-electron chi connectivity index (χ2n) is 8.78. The Morgan fingerprint density at radius 1 is 0.676 bits per heavy atom. The summed E-state index contributed by atoms with van der Waals surface area (Å²) in [6.07, 6.45) is 1.25. The van der Waals surface area contributed by atoms with Gasteiger partial charge in [-0.1, -0.05) is 91.6 Å². The van der Waals surface area contributed by atoms with Gasteiger partial charge in [0.2, 0.25) is 0 Å². The van der Waals surface area contributed by atoms with E-state index in [1.807, 2.05) is 0 Å². The van der Waals surface area contributed by atoms with Gasteiger partial charge in [0.15, 0.2) is 0 Å². The van der Waals surface area contributed by atoms with Gasteiger partial charge >= 0.3 is 26.2 Å². The molecule has 0 nitrogen and oxygen atoms in total. The molecule has 0 saturated heterocycles. The molecule has 0 spiro atoms. The maximum absolute atomic E-state index is 2.97. The Kier molecular flexibility index (Phi) is 21.7. The van der Waals surface area contributed by atoms with Gasteiger partial charge in [-0.2, -0.15) is 12.1 Å². The normalized spacial score (nSPS) is 9.41. The molecule has 183 valence electrons.